The van der Waals surface area contributed by atoms with Gasteiger partial charge in [-0.15, -0.1) is 0 Å². The number of aliphatic hydroxyl groups is 2. The van der Waals surface area contributed by atoms with Crippen LogP contribution in [0, 0.1) is 0 Å². The number of hydrogen-bond donors (Lipinski definition) is 3. The lowest BCUT2D eigenvalue weighted by atomic mass is 10.1. The van der Waals surface area contributed by atoms with E-state index in [4.69, 9.17) is 5.11 Å². The molecule has 0 saturated carbocycles. The number of carboxylic acids is 1. The molecule has 0 aliphatic carbocycles. The lowest BCUT2D eigenvalue weighted by Gasteiger charge is -2.02. The molecule has 4 nitrogen and oxygen atoms in total. The number of allylic oxidation sites excluding steroid dienone is 5. The van der Waals surface area contributed by atoms with Crippen molar-refractivity contribution in [3.8, 4) is 0 Å². The van der Waals surface area contributed by atoms with Crippen molar-refractivity contribution < 1.29 is 20.1 Å². The second-order valence-corrected chi connectivity index (χ2v) is 5.78. The van der Waals surface area contributed by atoms with Gasteiger partial charge in [0, 0.05) is 6.42 Å². The van der Waals surface area contributed by atoms with Crippen molar-refractivity contribution in [2.24, 2.45) is 0 Å². The van der Waals surface area contributed by atoms with Gasteiger partial charge in [-0.3, -0.25) is 4.79 Å². The average molecular weight is 336 g/mol. The quantitative estimate of drug-likeness (QED) is 0.253. The van der Waals surface area contributed by atoms with Gasteiger partial charge in [-0.25, -0.2) is 0 Å². The molecule has 0 aliphatic rings. The van der Waals surface area contributed by atoms with Crippen molar-refractivity contribution in [2.45, 2.75) is 70.5 Å². The minimum Gasteiger partial charge on any atom is -0.481 e. The maximum atomic E-state index is 10.3. The van der Waals surface area contributed by atoms with Crippen molar-refractivity contribution in [2.75, 3.05) is 0 Å². The fraction of sp³-hybridized carbons (Fsp3) is 0.550. The van der Waals surface area contributed by atoms with E-state index in [0.717, 1.165) is 25.7 Å². The Morgan fingerprint density at radius 2 is 1.58 bits per heavy atom. The molecule has 0 heterocycles. The molecule has 2 atom stereocenters. The van der Waals surface area contributed by atoms with Crippen LogP contribution in [0.1, 0.15) is 58.3 Å². The Kier molecular flexibility index (Phi) is 15.1. The summed E-state index contributed by atoms with van der Waals surface area (Å²) >= 11 is 0. The smallest absolute Gasteiger partial charge is 0.303 e. The minimum atomic E-state index is -0.777. The molecule has 0 spiro atoms. The first-order valence-electron chi connectivity index (χ1n) is 8.80. The van der Waals surface area contributed by atoms with Crippen LogP contribution in [0.5, 0.6) is 0 Å². The van der Waals surface area contributed by atoms with Crippen LogP contribution in [0.4, 0.5) is 0 Å². The number of carboxylic acid groups (broad SMARTS) is 1. The van der Waals surface area contributed by atoms with Crippen LogP contribution in [0.3, 0.4) is 0 Å². The summed E-state index contributed by atoms with van der Waals surface area (Å²) in [6.45, 7) is 2.14. The summed E-state index contributed by atoms with van der Waals surface area (Å²) in [6.07, 6.45) is 19.7. The molecule has 0 aromatic carbocycles. The van der Waals surface area contributed by atoms with Crippen LogP contribution in [0.15, 0.2) is 48.6 Å². The second kappa shape index (κ2) is 16.2. The third-order valence-corrected chi connectivity index (χ3v) is 3.41. The van der Waals surface area contributed by atoms with Gasteiger partial charge in [0.1, 0.15) is 0 Å². The standard InChI is InChI=1S/C20H32O4/c1-2-3-8-13-18(21)14-9-4-5-10-15-19(22)16-11-6-7-12-17-20(23)24/h4-6,9-11,14-15,18-19,21-22H,2-3,7-8,12-13,16-17H2,1H3,(H,23,24)/b5-4+,11-6+,14-9+,15-10+/t18-,19-/m0/s1. The summed E-state index contributed by atoms with van der Waals surface area (Å²) in [7, 11) is 0. The molecule has 0 bridgehead atoms. The number of aliphatic hydroxyl groups excluding tert-OH is 2. The molecule has 24 heavy (non-hydrogen) atoms. The van der Waals surface area contributed by atoms with E-state index >= 15 is 0 Å². The Hall–Kier alpha value is -1.65. The molecule has 0 radical (unpaired) electrons. The molecule has 0 aromatic rings. The van der Waals surface area contributed by atoms with Gasteiger partial charge in [0.05, 0.1) is 12.2 Å². The van der Waals surface area contributed by atoms with E-state index < -0.39 is 12.1 Å². The fourth-order valence-electron chi connectivity index (χ4n) is 2.02. The molecule has 3 N–H and O–H groups in total. The van der Waals surface area contributed by atoms with Gasteiger partial charge in [-0.05, 0) is 25.7 Å². The van der Waals surface area contributed by atoms with Crippen LogP contribution >= 0.6 is 0 Å². The average Bonchev–Trinajstić information content (AvgIpc) is 2.54. The highest BCUT2D eigenvalue weighted by Crippen LogP contribution is 2.04. The molecular weight excluding hydrogens is 304 g/mol. The van der Waals surface area contributed by atoms with Gasteiger partial charge in [0.25, 0.3) is 0 Å². The summed E-state index contributed by atoms with van der Waals surface area (Å²) in [5.74, 6) is -0.777. The summed E-state index contributed by atoms with van der Waals surface area (Å²) < 4.78 is 0. The van der Waals surface area contributed by atoms with Gasteiger partial charge in [0.2, 0.25) is 0 Å². The molecule has 0 aliphatic heterocycles. The lowest BCUT2D eigenvalue weighted by Crippen LogP contribution is -2.00. The third kappa shape index (κ3) is 16.7. The Morgan fingerprint density at radius 3 is 2.21 bits per heavy atom. The Balaban J connectivity index is 3.80. The Morgan fingerprint density at radius 1 is 0.917 bits per heavy atom. The van der Waals surface area contributed by atoms with Gasteiger partial charge in [-0.2, -0.15) is 0 Å². The predicted molar refractivity (Wildman–Crippen MR) is 98.8 cm³/mol. The van der Waals surface area contributed by atoms with E-state index in [1.54, 1.807) is 18.2 Å². The zero-order valence-corrected chi connectivity index (χ0v) is 14.7. The van der Waals surface area contributed by atoms with E-state index in [9.17, 15) is 15.0 Å². The van der Waals surface area contributed by atoms with Gasteiger partial charge in [0.15, 0.2) is 0 Å². The maximum absolute atomic E-state index is 10.3. The normalized spacial score (nSPS) is 15.1. The summed E-state index contributed by atoms with van der Waals surface area (Å²) in [5, 5.41) is 27.9. The Bertz CT molecular complexity index is 421. The summed E-state index contributed by atoms with van der Waals surface area (Å²) in [6, 6.07) is 0. The number of unbranched alkanes of at least 4 members (excludes halogenated alkanes) is 3. The maximum Gasteiger partial charge on any atom is 0.303 e. The van der Waals surface area contributed by atoms with Gasteiger partial charge >= 0.3 is 5.97 Å². The SMILES string of the molecule is CCCCC[C@H](O)/C=C/C=C/C=C/[C@H](O)C/C=C/CCCC(=O)O. The van der Waals surface area contributed by atoms with E-state index in [2.05, 4.69) is 6.92 Å². The van der Waals surface area contributed by atoms with E-state index in [1.165, 1.54) is 0 Å². The zero-order chi connectivity index (χ0) is 18.0. The largest absolute Gasteiger partial charge is 0.481 e. The molecule has 0 saturated heterocycles. The number of rotatable bonds is 14. The third-order valence-electron chi connectivity index (χ3n) is 3.41. The Labute approximate surface area is 145 Å². The molecule has 0 amide bonds. The highest BCUT2D eigenvalue weighted by Gasteiger charge is 1.97. The highest BCUT2D eigenvalue weighted by molar-refractivity contribution is 5.66. The summed E-state index contributed by atoms with van der Waals surface area (Å²) in [4.78, 5) is 10.3. The van der Waals surface area contributed by atoms with E-state index in [-0.39, 0.29) is 12.5 Å². The molecule has 0 rings (SSSR count). The molecule has 136 valence electrons. The number of hydrogen-bond acceptors (Lipinski definition) is 3. The first-order valence-corrected chi connectivity index (χ1v) is 8.80. The topological polar surface area (TPSA) is 77.8 Å². The first-order chi connectivity index (χ1) is 11.6. The second-order valence-electron chi connectivity index (χ2n) is 5.78. The zero-order valence-electron chi connectivity index (χ0n) is 14.7. The van der Waals surface area contributed by atoms with Crippen molar-refractivity contribution in [1.82, 2.24) is 0 Å². The highest BCUT2D eigenvalue weighted by atomic mass is 16.4. The van der Waals surface area contributed by atoms with Crippen LogP contribution in [-0.4, -0.2) is 33.5 Å². The fourth-order valence-corrected chi connectivity index (χ4v) is 2.02. The van der Waals surface area contributed by atoms with Crippen LogP contribution in [0.25, 0.3) is 0 Å². The monoisotopic (exact) mass is 336 g/mol. The van der Waals surface area contributed by atoms with Crippen LogP contribution < -0.4 is 0 Å². The van der Waals surface area contributed by atoms with E-state index in [1.807, 2.05) is 30.4 Å². The first kappa shape index (κ1) is 22.4. The van der Waals surface area contributed by atoms with Crippen LogP contribution in [-0.2, 0) is 4.79 Å². The lowest BCUT2D eigenvalue weighted by molar-refractivity contribution is -0.137. The minimum absolute atomic E-state index is 0.179. The molecule has 0 unspecified atom stereocenters. The van der Waals surface area contributed by atoms with Crippen molar-refractivity contribution in [1.29, 1.82) is 0 Å². The van der Waals surface area contributed by atoms with Gasteiger partial charge < -0.3 is 15.3 Å². The molecule has 0 aromatic heterocycles. The van der Waals surface area contributed by atoms with Crippen molar-refractivity contribution in [3.05, 3.63) is 48.6 Å². The summed E-state index contributed by atoms with van der Waals surface area (Å²) in [5.41, 5.74) is 0. The molecule has 0 fully saturated rings. The van der Waals surface area contributed by atoms with Crippen LogP contribution in [0.2, 0.25) is 0 Å². The molecular formula is C20H32O4. The number of carbonyl (C=O) groups is 1. The number of aliphatic carboxylic acids is 1. The van der Waals surface area contributed by atoms with Crippen molar-refractivity contribution >= 4 is 5.97 Å². The van der Waals surface area contributed by atoms with E-state index in [0.29, 0.717) is 19.3 Å². The van der Waals surface area contributed by atoms with Gasteiger partial charge in [-0.1, -0.05) is 74.8 Å². The predicted octanol–water partition coefficient (Wildman–Crippen LogP) is 4.16. The molecule has 4 heteroatoms. The van der Waals surface area contributed by atoms with Crippen molar-refractivity contribution in [3.63, 3.8) is 0 Å².